The number of fused-ring (bicyclic) bond motifs is 2. The van der Waals surface area contributed by atoms with E-state index in [0.29, 0.717) is 29.1 Å². The standard InChI is InChI=1S/C49H31N7/c1-3-11-34(12-4-1)47-54-48(35-13-5-2-6-14-35)56-49(55-47)42-28-40(32-19-23-36(24-20-32)45-50-30-38-15-7-9-17-43(38)52-45)27-41(29-42)33-21-25-37(26-22-33)46-51-31-39-16-8-10-18-44(39)53-46/h1-31H. The second kappa shape index (κ2) is 14.2. The smallest absolute Gasteiger partial charge is 0.164 e. The summed E-state index contributed by atoms with van der Waals surface area (Å²) in [5.41, 5.74) is 10.6. The van der Waals surface area contributed by atoms with Crippen molar-refractivity contribution in [2.75, 3.05) is 0 Å². The van der Waals surface area contributed by atoms with E-state index in [1.165, 1.54) is 0 Å². The van der Waals surface area contributed by atoms with Crippen LogP contribution in [0.25, 0.3) is 101 Å². The summed E-state index contributed by atoms with van der Waals surface area (Å²) in [7, 11) is 0. The van der Waals surface area contributed by atoms with Crippen LogP contribution in [0, 0.1) is 0 Å². The number of aromatic nitrogens is 7. The number of para-hydroxylation sites is 2. The van der Waals surface area contributed by atoms with Crippen molar-refractivity contribution in [3.05, 3.63) is 188 Å². The summed E-state index contributed by atoms with van der Waals surface area (Å²) in [6, 6.07) is 59.5. The van der Waals surface area contributed by atoms with Crippen molar-refractivity contribution in [3.8, 4) is 79.2 Å². The molecule has 0 aliphatic heterocycles. The Hall–Kier alpha value is -7.77. The second-order valence-electron chi connectivity index (χ2n) is 13.5. The van der Waals surface area contributed by atoms with Crippen LogP contribution in [0.1, 0.15) is 0 Å². The van der Waals surface area contributed by atoms with Crippen molar-refractivity contribution >= 4 is 21.8 Å². The molecule has 0 radical (unpaired) electrons. The first-order valence-corrected chi connectivity index (χ1v) is 18.4. The lowest BCUT2D eigenvalue weighted by Gasteiger charge is -2.13. The van der Waals surface area contributed by atoms with E-state index in [1.807, 2.05) is 122 Å². The monoisotopic (exact) mass is 717 g/mol. The molecule has 0 atom stereocenters. The summed E-state index contributed by atoms with van der Waals surface area (Å²) in [4.78, 5) is 34.0. The quantitative estimate of drug-likeness (QED) is 0.162. The number of benzene rings is 7. The van der Waals surface area contributed by atoms with Crippen molar-refractivity contribution in [2.45, 2.75) is 0 Å². The molecule has 10 aromatic rings. The summed E-state index contributed by atoms with van der Waals surface area (Å²) in [5.74, 6) is 3.18. The molecule has 0 saturated carbocycles. The topological polar surface area (TPSA) is 90.2 Å². The molecule has 0 fully saturated rings. The molecule has 3 heterocycles. The van der Waals surface area contributed by atoms with Gasteiger partial charge in [-0.15, -0.1) is 0 Å². The van der Waals surface area contributed by atoms with Gasteiger partial charge in [-0.3, -0.25) is 0 Å². The summed E-state index contributed by atoms with van der Waals surface area (Å²) >= 11 is 0. The average Bonchev–Trinajstić information content (AvgIpc) is 3.29. The van der Waals surface area contributed by atoms with Crippen LogP contribution in [0.2, 0.25) is 0 Å². The van der Waals surface area contributed by atoms with Gasteiger partial charge in [0.1, 0.15) is 0 Å². The van der Waals surface area contributed by atoms with E-state index in [2.05, 4.69) is 76.7 Å². The van der Waals surface area contributed by atoms with Crippen molar-refractivity contribution in [1.82, 2.24) is 34.9 Å². The van der Waals surface area contributed by atoms with Crippen molar-refractivity contribution in [1.29, 1.82) is 0 Å². The SMILES string of the molecule is c1ccc(-c2nc(-c3ccccc3)nc(-c3cc(-c4ccc(-c5ncc6ccccc6n5)cc4)cc(-c4ccc(-c5ncc6ccccc6n5)cc4)c3)n2)cc1. The third-order valence-electron chi connectivity index (χ3n) is 9.82. The maximum absolute atomic E-state index is 5.07. The molecule has 0 amide bonds. The number of rotatable bonds is 7. The van der Waals surface area contributed by atoms with Crippen LogP contribution in [0.3, 0.4) is 0 Å². The maximum Gasteiger partial charge on any atom is 0.164 e. The second-order valence-corrected chi connectivity index (χ2v) is 13.5. The van der Waals surface area contributed by atoms with Gasteiger partial charge in [-0.2, -0.15) is 0 Å². The normalized spacial score (nSPS) is 11.2. The van der Waals surface area contributed by atoms with Gasteiger partial charge in [-0.1, -0.05) is 146 Å². The lowest BCUT2D eigenvalue weighted by molar-refractivity contribution is 1.07. The van der Waals surface area contributed by atoms with Gasteiger partial charge in [0.2, 0.25) is 0 Å². The largest absolute Gasteiger partial charge is 0.236 e. The number of nitrogens with zero attached hydrogens (tertiary/aromatic N) is 7. The minimum atomic E-state index is 0.586. The van der Waals surface area contributed by atoms with Gasteiger partial charge in [0, 0.05) is 51.0 Å². The van der Waals surface area contributed by atoms with Crippen LogP contribution < -0.4 is 0 Å². The highest BCUT2D eigenvalue weighted by atomic mass is 15.0. The molecule has 0 aliphatic carbocycles. The summed E-state index contributed by atoms with van der Waals surface area (Å²) in [6.07, 6.45) is 3.75. The lowest BCUT2D eigenvalue weighted by atomic mass is 9.94. The van der Waals surface area contributed by atoms with Crippen molar-refractivity contribution < 1.29 is 0 Å². The molecule has 10 rings (SSSR count). The fourth-order valence-electron chi connectivity index (χ4n) is 6.87. The molecule has 0 bridgehead atoms. The minimum Gasteiger partial charge on any atom is -0.236 e. The highest BCUT2D eigenvalue weighted by Gasteiger charge is 2.16. The molecule has 7 heteroatoms. The number of hydrogen-bond donors (Lipinski definition) is 0. The van der Waals surface area contributed by atoms with Crippen LogP contribution >= 0.6 is 0 Å². The molecule has 56 heavy (non-hydrogen) atoms. The highest BCUT2D eigenvalue weighted by Crippen LogP contribution is 2.35. The first-order valence-electron chi connectivity index (χ1n) is 18.4. The highest BCUT2D eigenvalue weighted by molar-refractivity contribution is 5.84. The zero-order valence-corrected chi connectivity index (χ0v) is 30.0. The molecule has 7 aromatic carbocycles. The van der Waals surface area contributed by atoms with E-state index in [1.54, 1.807) is 0 Å². The van der Waals surface area contributed by atoms with Crippen LogP contribution in [0.15, 0.2) is 188 Å². The molecule has 0 aliphatic rings. The van der Waals surface area contributed by atoms with E-state index in [-0.39, 0.29) is 0 Å². The van der Waals surface area contributed by atoms with Gasteiger partial charge in [-0.05, 0) is 52.6 Å². The maximum atomic E-state index is 5.07. The third-order valence-corrected chi connectivity index (χ3v) is 9.82. The van der Waals surface area contributed by atoms with Gasteiger partial charge in [0.05, 0.1) is 11.0 Å². The molecule has 7 nitrogen and oxygen atoms in total. The molecule has 0 saturated heterocycles. The first-order chi connectivity index (χ1) is 27.7. The van der Waals surface area contributed by atoms with Crippen molar-refractivity contribution in [3.63, 3.8) is 0 Å². The van der Waals surface area contributed by atoms with E-state index < -0.39 is 0 Å². The molecule has 3 aromatic heterocycles. The van der Waals surface area contributed by atoms with E-state index >= 15 is 0 Å². The summed E-state index contributed by atoms with van der Waals surface area (Å²) < 4.78 is 0. The van der Waals surface area contributed by atoms with Gasteiger partial charge in [0.25, 0.3) is 0 Å². The molecular formula is C49H31N7. The zero-order valence-electron chi connectivity index (χ0n) is 30.0. The summed E-state index contributed by atoms with van der Waals surface area (Å²) in [6.45, 7) is 0. The van der Waals surface area contributed by atoms with Gasteiger partial charge in [0.15, 0.2) is 29.1 Å². The van der Waals surface area contributed by atoms with Gasteiger partial charge >= 0.3 is 0 Å². The fourth-order valence-corrected chi connectivity index (χ4v) is 6.87. The number of hydrogen-bond acceptors (Lipinski definition) is 7. The average molecular weight is 718 g/mol. The molecular weight excluding hydrogens is 687 g/mol. The Morgan fingerprint density at radius 3 is 1.02 bits per heavy atom. The van der Waals surface area contributed by atoms with E-state index in [9.17, 15) is 0 Å². The first kappa shape index (κ1) is 32.8. The van der Waals surface area contributed by atoms with E-state index in [4.69, 9.17) is 24.9 Å². The minimum absolute atomic E-state index is 0.586. The summed E-state index contributed by atoms with van der Waals surface area (Å²) in [5, 5.41) is 2.03. The zero-order chi connectivity index (χ0) is 37.3. The Bertz CT molecular complexity index is 2810. The van der Waals surface area contributed by atoms with Crippen LogP contribution in [0.4, 0.5) is 0 Å². The molecule has 0 N–H and O–H groups in total. The fraction of sp³-hybridized carbons (Fsp3) is 0. The Morgan fingerprint density at radius 2 is 0.571 bits per heavy atom. The van der Waals surface area contributed by atoms with Gasteiger partial charge in [-0.25, -0.2) is 34.9 Å². The third kappa shape index (κ3) is 6.54. The Labute approximate surface area is 323 Å². The predicted molar refractivity (Wildman–Crippen MR) is 224 cm³/mol. The van der Waals surface area contributed by atoms with E-state index in [0.717, 1.165) is 71.9 Å². The van der Waals surface area contributed by atoms with Crippen LogP contribution in [-0.2, 0) is 0 Å². The molecule has 262 valence electrons. The van der Waals surface area contributed by atoms with Crippen LogP contribution in [0.5, 0.6) is 0 Å². The Kier molecular flexibility index (Phi) is 8.35. The molecule has 0 spiro atoms. The van der Waals surface area contributed by atoms with Crippen molar-refractivity contribution in [2.24, 2.45) is 0 Å². The van der Waals surface area contributed by atoms with Gasteiger partial charge < -0.3 is 0 Å². The lowest BCUT2D eigenvalue weighted by Crippen LogP contribution is -2.00. The molecule has 0 unspecified atom stereocenters. The predicted octanol–water partition coefficient (Wildman–Crippen LogP) is 11.4. The Morgan fingerprint density at radius 1 is 0.232 bits per heavy atom. The van der Waals surface area contributed by atoms with Crippen LogP contribution in [-0.4, -0.2) is 34.9 Å². The Balaban J connectivity index is 1.09.